The van der Waals surface area contributed by atoms with E-state index in [-0.39, 0.29) is 11.5 Å². The molecule has 0 aliphatic heterocycles. The average molecular weight is 286 g/mol. The second kappa shape index (κ2) is 5.60. The van der Waals surface area contributed by atoms with Gasteiger partial charge in [0, 0.05) is 5.92 Å². The van der Waals surface area contributed by atoms with Crippen LogP contribution in [0.5, 0.6) is 0 Å². The fraction of sp³-hybridized carbons (Fsp3) is 0.529. The standard InChI is InChI=1S/C17H22N2O2/c1-17(2,13-6-4-3-5-7-13)16-18-15(21-19-16)12-8-10-14(20)11-9-12/h3-7,12,14,20H,8-11H2,1-2H3. The molecule has 1 aromatic carbocycles. The van der Waals surface area contributed by atoms with E-state index >= 15 is 0 Å². The molecule has 4 nitrogen and oxygen atoms in total. The van der Waals surface area contributed by atoms with Crippen LogP contribution >= 0.6 is 0 Å². The quantitative estimate of drug-likeness (QED) is 0.939. The summed E-state index contributed by atoms with van der Waals surface area (Å²) in [6.45, 7) is 4.23. The fourth-order valence-corrected chi connectivity index (χ4v) is 2.96. The lowest BCUT2D eigenvalue weighted by Crippen LogP contribution is -2.21. The molecule has 1 aliphatic rings. The zero-order valence-electron chi connectivity index (χ0n) is 12.6. The van der Waals surface area contributed by atoms with Crippen LogP contribution in [0.2, 0.25) is 0 Å². The molecule has 0 spiro atoms. The summed E-state index contributed by atoms with van der Waals surface area (Å²) < 4.78 is 5.50. The van der Waals surface area contributed by atoms with Gasteiger partial charge in [-0.15, -0.1) is 0 Å². The van der Waals surface area contributed by atoms with Crippen LogP contribution in [0.3, 0.4) is 0 Å². The number of aliphatic hydroxyl groups is 1. The van der Waals surface area contributed by atoms with Gasteiger partial charge >= 0.3 is 0 Å². The van der Waals surface area contributed by atoms with Crippen molar-refractivity contribution in [3.05, 3.63) is 47.6 Å². The van der Waals surface area contributed by atoms with Gasteiger partial charge in [-0.3, -0.25) is 0 Å². The zero-order valence-corrected chi connectivity index (χ0v) is 12.6. The molecular formula is C17H22N2O2. The Morgan fingerprint density at radius 1 is 1.10 bits per heavy atom. The summed E-state index contributed by atoms with van der Waals surface area (Å²) in [4.78, 5) is 4.65. The molecule has 0 radical (unpaired) electrons. The fourth-order valence-electron chi connectivity index (χ4n) is 2.96. The van der Waals surface area contributed by atoms with E-state index in [4.69, 9.17) is 4.52 Å². The first kappa shape index (κ1) is 14.3. The third-order valence-corrected chi connectivity index (χ3v) is 4.54. The Morgan fingerprint density at radius 2 is 1.76 bits per heavy atom. The first-order valence-electron chi connectivity index (χ1n) is 7.65. The van der Waals surface area contributed by atoms with E-state index in [1.54, 1.807) is 0 Å². The van der Waals surface area contributed by atoms with Crippen molar-refractivity contribution in [3.8, 4) is 0 Å². The van der Waals surface area contributed by atoms with Crippen LogP contribution in [0.25, 0.3) is 0 Å². The summed E-state index contributed by atoms with van der Waals surface area (Å²) in [5.74, 6) is 1.75. The van der Waals surface area contributed by atoms with Crippen molar-refractivity contribution in [2.24, 2.45) is 0 Å². The monoisotopic (exact) mass is 286 g/mol. The van der Waals surface area contributed by atoms with Gasteiger partial charge in [-0.2, -0.15) is 4.98 Å². The highest BCUT2D eigenvalue weighted by Gasteiger charge is 2.31. The molecule has 1 heterocycles. The number of aromatic nitrogens is 2. The van der Waals surface area contributed by atoms with Gasteiger partial charge in [0.05, 0.1) is 11.5 Å². The van der Waals surface area contributed by atoms with Crippen molar-refractivity contribution in [1.82, 2.24) is 10.1 Å². The maximum Gasteiger partial charge on any atom is 0.229 e. The van der Waals surface area contributed by atoms with Gasteiger partial charge < -0.3 is 9.63 Å². The maximum absolute atomic E-state index is 9.59. The Hall–Kier alpha value is -1.68. The summed E-state index contributed by atoms with van der Waals surface area (Å²) in [7, 11) is 0. The highest BCUT2D eigenvalue weighted by atomic mass is 16.5. The predicted molar refractivity (Wildman–Crippen MR) is 80.1 cm³/mol. The number of hydrogen-bond donors (Lipinski definition) is 1. The molecule has 21 heavy (non-hydrogen) atoms. The normalized spacial score (nSPS) is 23.2. The molecule has 1 fully saturated rings. The summed E-state index contributed by atoms with van der Waals surface area (Å²) in [6, 6.07) is 10.2. The molecular weight excluding hydrogens is 264 g/mol. The molecule has 3 rings (SSSR count). The van der Waals surface area contributed by atoms with Crippen LogP contribution in [-0.4, -0.2) is 21.4 Å². The number of benzene rings is 1. The second-order valence-corrected chi connectivity index (χ2v) is 6.45. The summed E-state index contributed by atoms with van der Waals surface area (Å²) in [5, 5.41) is 13.8. The Morgan fingerprint density at radius 3 is 2.43 bits per heavy atom. The summed E-state index contributed by atoms with van der Waals surface area (Å²) >= 11 is 0. The second-order valence-electron chi connectivity index (χ2n) is 6.45. The molecule has 1 aromatic heterocycles. The lowest BCUT2D eigenvalue weighted by Gasteiger charge is -2.23. The number of aliphatic hydroxyl groups excluding tert-OH is 1. The van der Waals surface area contributed by atoms with E-state index in [1.165, 1.54) is 5.56 Å². The van der Waals surface area contributed by atoms with Crippen LogP contribution in [0.4, 0.5) is 0 Å². The maximum atomic E-state index is 9.59. The molecule has 0 atom stereocenters. The summed E-state index contributed by atoms with van der Waals surface area (Å²) in [5.41, 5.74) is 0.911. The molecule has 0 amide bonds. The minimum absolute atomic E-state index is 0.163. The first-order valence-corrected chi connectivity index (χ1v) is 7.65. The third-order valence-electron chi connectivity index (χ3n) is 4.54. The molecule has 0 saturated heterocycles. The molecule has 4 heteroatoms. The van der Waals surface area contributed by atoms with Crippen molar-refractivity contribution in [3.63, 3.8) is 0 Å². The SMILES string of the molecule is CC(C)(c1ccccc1)c1noc(C2CCC(O)CC2)n1. The van der Waals surface area contributed by atoms with Crippen molar-refractivity contribution < 1.29 is 9.63 Å². The largest absolute Gasteiger partial charge is 0.393 e. The van der Waals surface area contributed by atoms with Crippen LogP contribution < -0.4 is 0 Å². The van der Waals surface area contributed by atoms with Crippen molar-refractivity contribution in [2.75, 3.05) is 0 Å². The molecule has 1 N–H and O–H groups in total. The van der Waals surface area contributed by atoms with Crippen LogP contribution in [0.1, 0.15) is 62.7 Å². The Kier molecular flexibility index (Phi) is 3.81. The van der Waals surface area contributed by atoms with E-state index in [2.05, 4.69) is 36.1 Å². The minimum Gasteiger partial charge on any atom is -0.393 e. The number of rotatable bonds is 3. The van der Waals surface area contributed by atoms with Crippen molar-refractivity contribution in [2.45, 2.75) is 57.0 Å². The van der Waals surface area contributed by atoms with Gasteiger partial charge in [-0.1, -0.05) is 35.5 Å². The van der Waals surface area contributed by atoms with Crippen LogP contribution in [-0.2, 0) is 5.41 Å². The minimum atomic E-state index is -0.267. The topological polar surface area (TPSA) is 59.2 Å². The van der Waals surface area contributed by atoms with E-state index in [0.29, 0.717) is 5.92 Å². The van der Waals surface area contributed by atoms with Gasteiger partial charge in [-0.25, -0.2) is 0 Å². The smallest absolute Gasteiger partial charge is 0.229 e. The lowest BCUT2D eigenvalue weighted by molar-refractivity contribution is 0.116. The highest BCUT2D eigenvalue weighted by Crippen LogP contribution is 2.34. The third kappa shape index (κ3) is 2.86. The van der Waals surface area contributed by atoms with E-state index in [1.807, 2.05) is 18.2 Å². The van der Waals surface area contributed by atoms with Crippen LogP contribution in [0, 0.1) is 0 Å². The predicted octanol–water partition coefficient (Wildman–Crippen LogP) is 3.41. The van der Waals surface area contributed by atoms with Crippen molar-refractivity contribution in [1.29, 1.82) is 0 Å². The van der Waals surface area contributed by atoms with Gasteiger partial charge in [-0.05, 0) is 45.1 Å². The molecule has 1 saturated carbocycles. The van der Waals surface area contributed by atoms with Crippen LogP contribution in [0.15, 0.2) is 34.9 Å². The van der Waals surface area contributed by atoms with Gasteiger partial charge in [0.1, 0.15) is 0 Å². The Bertz CT molecular complexity index is 584. The summed E-state index contributed by atoms with van der Waals surface area (Å²) in [6.07, 6.45) is 3.34. The van der Waals surface area contributed by atoms with E-state index < -0.39 is 0 Å². The Labute approximate surface area is 125 Å². The lowest BCUT2D eigenvalue weighted by atomic mass is 9.84. The molecule has 0 bridgehead atoms. The van der Waals surface area contributed by atoms with Crippen molar-refractivity contribution >= 4 is 0 Å². The van der Waals surface area contributed by atoms with Gasteiger partial charge in [0.25, 0.3) is 0 Å². The number of hydrogen-bond acceptors (Lipinski definition) is 4. The number of nitrogens with zero attached hydrogens (tertiary/aromatic N) is 2. The van der Waals surface area contributed by atoms with Gasteiger partial charge in [0.15, 0.2) is 5.82 Å². The zero-order chi connectivity index (χ0) is 14.9. The molecule has 2 aromatic rings. The van der Waals surface area contributed by atoms with E-state index in [0.717, 1.165) is 37.4 Å². The van der Waals surface area contributed by atoms with Gasteiger partial charge in [0.2, 0.25) is 5.89 Å². The first-order chi connectivity index (χ1) is 10.1. The average Bonchev–Trinajstić information content (AvgIpc) is 2.99. The molecule has 0 unspecified atom stereocenters. The highest BCUT2D eigenvalue weighted by molar-refractivity contribution is 5.30. The molecule has 1 aliphatic carbocycles. The van der Waals surface area contributed by atoms with E-state index in [9.17, 15) is 5.11 Å². The Balaban J connectivity index is 1.81. The molecule has 112 valence electrons.